The molecule has 2 heterocycles. The molecule has 1 atom stereocenters. The molecule has 13 heavy (non-hydrogen) atoms. The minimum absolute atomic E-state index is 0.0758. The lowest BCUT2D eigenvalue weighted by atomic mass is 10.1. The Labute approximate surface area is 79.6 Å². The van der Waals surface area contributed by atoms with Crippen LogP contribution in [0.5, 0.6) is 0 Å². The first-order chi connectivity index (χ1) is 6.38. The highest BCUT2D eigenvalue weighted by Gasteiger charge is 2.25. The molecule has 0 radical (unpaired) electrons. The van der Waals surface area contributed by atoms with Crippen LogP contribution in [0.3, 0.4) is 0 Å². The van der Waals surface area contributed by atoms with Gasteiger partial charge in [0.15, 0.2) is 0 Å². The minimum Gasteiger partial charge on any atom is -0.377 e. The van der Waals surface area contributed by atoms with Crippen LogP contribution in [-0.4, -0.2) is 49.0 Å². The topological polar surface area (TPSA) is 41.7 Å². The number of hydrogen-bond acceptors (Lipinski definition) is 4. The number of ether oxygens (including phenoxy) is 1. The van der Waals surface area contributed by atoms with E-state index in [9.17, 15) is 0 Å². The fourth-order valence-corrected chi connectivity index (χ4v) is 2.10. The molecular formula is C9H19N3O. The summed E-state index contributed by atoms with van der Waals surface area (Å²) in [5, 5.41) is 4.68. The molecule has 0 aromatic heterocycles. The molecule has 0 spiro atoms. The van der Waals surface area contributed by atoms with Gasteiger partial charge in [-0.05, 0) is 12.8 Å². The average molecular weight is 185 g/mol. The molecule has 2 fully saturated rings. The lowest BCUT2D eigenvalue weighted by molar-refractivity contribution is -0.133. The zero-order valence-electron chi connectivity index (χ0n) is 8.11. The van der Waals surface area contributed by atoms with Crippen molar-refractivity contribution in [1.29, 1.82) is 0 Å². The van der Waals surface area contributed by atoms with Gasteiger partial charge in [-0.25, -0.2) is 10.0 Å². The number of hydrazine groups is 1. The molecular weight excluding hydrogens is 166 g/mol. The van der Waals surface area contributed by atoms with Crippen LogP contribution >= 0.6 is 0 Å². The Hall–Kier alpha value is -0.160. The lowest BCUT2D eigenvalue weighted by Crippen LogP contribution is -2.59. The Kier molecular flexibility index (Phi) is 3.16. The van der Waals surface area contributed by atoms with Gasteiger partial charge in [-0.2, -0.15) is 0 Å². The Morgan fingerprint density at radius 3 is 2.54 bits per heavy atom. The van der Waals surface area contributed by atoms with E-state index in [2.05, 4.69) is 10.0 Å². The fourth-order valence-electron chi connectivity index (χ4n) is 2.10. The Bertz CT molecular complexity index is 159. The second-order valence-corrected chi connectivity index (χ2v) is 3.82. The van der Waals surface area contributed by atoms with Crippen LogP contribution in [0.4, 0.5) is 0 Å². The largest absolute Gasteiger partial charge is 0.377 e. The van der Waals surface area contributed by atoms with E-state index in [1.54, 1.807) is 0 Å². The number of nitrogens with zero attached hydrogens (tertiary/aromatic N) is 2. The molecule has 4 nitrogen and oxygen atoms in total. The van der Waals surface area contributed by atoms with Crippen molar-refractivity contribution >= 4 is 0 Å². The molecule has 0 aromatic rings. The van der Waals surface area contributed by atoms with E-state index in [0.717, 1.165) is 13.2 Å². The first-order valence-electron chi connectivity index (χ1n) is 5.23. The number of nitrogens with two attached hydrogens (primary N) is 1. The Morgan fingerprint density at radius 2 is 1.85 bits per heavy atom. The van der Waals surface area contributed by atoms with Crippen LogP contribution in [0.25, 0.3) is 0 Å². The summed E-state index contributed by atoms with van der Waals surface area (Å²) in [6.45, 7) is 4.81. The van der Waals surface area contributed by atoms with Gasteiger partial charge in [0.25, 0.3) is 0 Å². The highest BCUT2D eigenvalue weighted by Crippen LogP contribution is 2.14. The van der Waals surface area contributed by atoms with E-state index in [1.165, 1.54) is 32.4 Å². The maximum Gasteiger partial charge on any atom is 0.0948 e. The number of hydrogen-bond donors (Lipinski definition) is 1. The second-order valence-electron chi connectivity index (χ2n) is 3.82. The zero-order valence-corrected chi connectivity index (χ0v) is 8.11. The van der Waals surface area contributed by atoms with Crippen LogP contribution in [0, 0.1) is 0 Å². The van der Waals surface area contributed by atoms with Gasteiger partial charge < -0.3 is 10.5 Å². The summed E-state index contributed by atoms with van der Waals surface area (Å²) in [5.41, 5.74) is 5.97. The summed E-state index contributed by atoms with van der Waals surface area (Å²) in [7, 11) is 0. The third-order valence-corrected chi connectivity index (χ3v) is 2.83. The molecule has 2 N–H and O–H groups in total. The standard InChI is InChI=1S/C9H19N3O/c10-9-8-13-7-6-12(9)11-4-2-1-3-5-11/h9H,1-8,10H2. The average Bonchev–Trinajstić information content (AvgIpc) is 2.20. The summed E-state index contributed by atoms with van der Waals surface area (Å²) < 4.78 is 5.31. The normalized spacial score (nSPS) is 33.5. The van der Waals surface area contributed by atoms with Gasteiger partial charge in [-0.3, -0.25) is 0 Å². The summed E-state index contributed by atoms with van der Waals surface area (Å²) >= 11 is 0. The minimum atomic E-state index is 0.0758. The van der Waals surface area contributed by atoms with Crippen LogP contribution in [-0.2, 0) is 4.74 Å². The van der Waals surface area contributed by atoms with E-state index < -0.39 is 0 Å². The molecule has 1 unspecified atom stereocenters. The zero-order chi connectivity index (χ0) is 9.10. The first-order valence-corrected chi connectivity index (χ1v) is 5.23. The maximum atomic E-state index is 5.97. The van der Waals surface area contributed by atoms with Crippen molar-refractivity contribution in [3.8, 4) is 0 Å². The van der Waals surface area contributed by atoms with Crippen molar-refractivity contribution in [2.75, 3.05) is 32.8 Å². The van der Waals surface area contributed by atoms with E-state index in [1.807, 2.05) is 0 Å². The number of rotatable bonds is 1. The van der Waals surface area contributed by atoms with Gasteiger partial charge in [0, 0.05) is 19.6 Å². The summed E-state index contributed by atoms with van der Waals surface area (Å²) in [4.78, 5) is 0. The summed E-state index contributed by atoms with van der Waals surface area (Å²) in [6, 6.07) is 0. The number of piperidine rings is 1. The van der Waals surface area contributed by atoms with E-state index >= 15 is 0 Å². The predicted octanol–water partition coefficient (Wildman–Crippen LogP) is 0.00430. The first kappa shape index (κ1) is 9.40. The van der Waals surface area contributed by atoms with Crippen LogP contribution in [0.15, 0.2) is 0 Å². The van der Waals surface area contributed by atoms with Crippen LogP contribution < -0.4 is 5.73 Å². The summed E-state index contributed by atoms with van der Waals surface area (Å²) in [6.07, 6.45) is 4.07. The van der Waals surface area contributed by atoms with Gasteiger partial charge in [0.2, 0.25) is 0 Å². The van der Waals surface area contributed by atoms with Crippen LogP contribution in [0.2, 0.25) is 0 Å². The van der Waals surface area contributed by atoms with Gasteiger partial charge >= 0.3 is 0 Å². The third-order valence-electron chi connectivity index (χ3n) is 2.83. The molecule has 4 heteroatoms. The van der Waals surface area contributed by atoms with Crippen molar-refractivity contribution in [2.24, 2.45) is 5.73 Å². The van der Waals surface area contributed by atoms with Crippen molar-refractivity contribution in [3.63, 3.8) is 0 Å². The molecule has 0 aromatic carbocycles. The lowest BCUT2D eigenvalue weighted by Gasteiger charge is -2.42. The highest BCUT2D eigenvalue weighted by molar-refractivity contribution is 4.71. The fraction of sp³-hybridized carbons (Fsp3) is 1.00. The van der Waals surface area contributed by atoms with E-state index in [-0.39, 0.29) is 6.17 Å². The molecule has 0 saturated carbocycles. The van der Waals surface area contributed by atoms with Crippen LogP contribution in [0.1, 0.15) is 19.3 Å². The van der Waals surface area contributed by atoms with E-state index in [0.29, 0.717) is 6.61 Å². The molecule has 2 aliphatic rings. The Balaban J connectivity index is 1.88. The molecule has 2 saturated heterocycles. The molecule has 0 bridgehead atoms. The Morgan fingerprint density at radius 1 is 1.08 bits per heavy atom. The predicted molar refractivity (Wildman–Crippen MR) is 50.9 cm³/mol. The molecule has 2 rings (SSSR count). The molecule has 0 aliphatic carbocycles. The monoisotopic (exact) mass is 185 g/mol. The quantitative estimate of drug-likeness (QED) is 0.624. The smallest absolute Gasteiger partial charge is 0.0948 e. The molecule has 76 valence electrons. The second kappa shape index (κ2) is 4.37. The van der Waals surface area contributed by atoms with Crippen molar-refractivity contribution in [2.45, 2.75) is 25.4 Å². The van der Waals surface area contributed by atoms with Gasteiger partial charge in [0.1, 0.15) is 0 Å². The van der Waals surface area contributed by atoms with Gasteiger partial charge in [-0.15, -0.1) is 0 Å². The van der Waals surface area contributed by atoms with Crippen molar-refractivity contribution in [3.05, 3.63) is 0 Å². The highest BCUT2D eigenvalue weighted by atomic mass is 16.5. The third kappa shape index (κ3) is 2.20. The van der Waals surface area contributed by atoms with Crippen molar-refractivity contribution < 1.29 is 4.74 Å². The molecule has 0 amide bonds. The van der Waals surface area contributed by atoms with Crippen molar-refractivity contribution in [1.82, 2.24) is 10.0 Å². The maximum absolute atomic E-state index is 5.97. The van der Waals surface area contributed by atoms with Gasteiger partial charge in [0.05, 0.1) is 19.4 Å². The molecule has 2 aliphatic heterocycles. The van der Waals surface area contributed by atoms with E-state index in [4.69, 9.17) is 10.5 Å². The SMILES string of the molecule is NC1COCCN1N1CCCCC1. The number of morpholine rings is 1. The summed E-state index contributed by atoms with van der Waals surface area (Å²) in [5.74, 6) is 0. The van der Waals surface area contributed by atoms with Gasteiger partial charge in [-0.1, -0.05) is 6.42 Å².